The molecule has 0 radical (unpaired) electrons. The molecule has 0 aliphatic heterocycles. The summed E-state index contributed by atoms with van der Waals surface area (Å²) in [5.74, 6) is 0.629. The van der Waals surface area contributed by atoms with Crippen molar-refractivity contribution in [2.75, 3.05) is 19.8 Å². The molecule has 0 aromatic carbocycles. The van der Waals surface area contributed by atoms with E-state index in [-0.39, 0.29) is 0 Å². The fourth-order valence-corrected chi connectivity index (χ4v) is 1.31. The molecule has 0 fully saturated rings. The van der Waals surface area contributed by atoms with Gasteiger partial charge in [-0.25, -0.2) is 4.98 Å². The van der Waals surface area contributed by atoms with Gasteiger partial charge in [-0.3, -0.25) is 0 Å². The molecule has 3 nitrogen and oxygen atoms in total. The van der Waals surface area contributed by atoms with Gasteiger partial charge in [-0.05, 0) is 41.4 Å². The van der Waals surface area contributed by atoms with Crippen molar-refractivity contribution in [1.82, 2.24) is 4.98 Å². The summed E-state index contributed by atoms with van der Waals surface area (Å²) < 4.78 is 11.5. The maximum absolute atomic E-state index is 5.44. The van der Waals surface area contributed by atoms with Gasteiger partial charge in [0.1, 0.15) is 6.61 Å². The predicted octanol–water partition coefficient (Wildman–Crippen LogP) is 2.57. The highest BCUT2D eigenvalue weighted by Crippen LogP contribution is 2.24. The van der Waals surface area contributed by atoms with E-state index in [4.69, 9.17) is 9.47 Å². The molecule has 0 saturated carbocycles. The van der Waals surface area contributed by atoms with Crippen LogP contribution in [0.5, 0.6) is 5.88 Å². The lowest BCUT2D eigenvalue weighted by atomic mass is 10.3. The first kappa shape index (κ1) is 11.5. The van der Waals surface area contributed by atoms with Crippen LogP contribution in [0.2, 0.25) is 0 Å². The second-order valence-electron chi connectivity index (χ2n) is 2.79. The maximum Gasteiger partial charge on any atom is 0.228 e. The Kier molecular flexibility index (Phi) is 4.90. The summed E-state index contributed by atoms with van der Waals surface area (Å²) in [6, 6.07) is 1.93. The number of nitrogens with zero attached hydrogens (tertiary/aromatic N) is 1. The van der Waals surface area contributed by atoms with Gasteiger partial charge in [0.2, 0.25) is 5.88 Å². The summed E-state index contributed by atoms with van der Waals surface area (Å²) in [6.07, 6.45) is 1.73. The van der Waals surface area contributed by atoms with E-state index >= 15 is 0 Å². The predicted molar refractivity (Wildman–Crippen MR) is 58.7 cm³/mol. The zero-order chi connectivity index (χ0) is 10.4. The van der Waals surface area contributed by atoms with Gasteiger partial charge in [-0.2, -0.15) is 0 Å². The molecule has 0 amide bonds. The highest BCUT2D eigenvalue weighted by Gasteiger charge is 2.04. The fourth-order valence-electron chi connectivity index (χ4n) is 0.958. The normalized spacial score (nSPS) is 10.2. The van der Waals surface area contributed by atoms with Crippen molar-refractivity contribution in [2.24, 2.45) is 0 Å². The molecule has 4 heteroatoms. The van der Waals surface area contributed by atoms with Crippen molar-refractivity contribution >= 4 is 15.9 Å². The molecule has 0 unspecified atom stereocenters. The SMILES string of the molecule is CCOCCOc1nccc(C)c1Br. The number of rotatable bonds is 5. The van der Waals surface area contributed by atoms with Crippen molar-refractivity contribution in [3.63, 3.8) is 0 Å². The van der Waals surface area contributed by atoms with Crippen molar-refractivity contribution < 1.29 is 9.47 Å². The van der Waals surface area contributed by atoms with Crippen LogP contribution >= 0.6 is 15.9 Å². The number of halogens is 1. The zero-order valence-corrected chi connectivity index (χ0v) is 10.0. The number of pyridine rings is 1. The number of ether oxygens (including phenoxy) is 2. The van der Waals surface area contributed by atoms with E-state index in [0.29, 0.717) is 25.7 Å². The average Bonchev–Trinajstić information content (AvgIpc) is 2.19. The summed E-state index contributed by atoms with van der Waals surface area (Å²) in [5.41, 5.74) is 1.12. The van der Waals surface area contributed by atoms with Crippen molar-refractivity contribution in [3.05, 3.63) is 22.3 Å². The van der Waals surface area contributed by atoms with E-state index in [0.717, 1.165) is 10.0 Å². The van der Waals surface area contributed by atoms with Crippen LogP contribution in [0.25, 0.3) is 0 Å². The molecular weight excluding hydrogens is 246 g/mol. The third-order valence-corrected chi connectivity index (χ3v) is 2.69. The summed E-state index contributed by atoms with van der Waals surface area (Å²) in [7, 11) is 0. The van der Waals surface area contributed by atoms with Crippen LogP contribution < -0.4 is 4.74 Å². The topological polar surface area (TPSA) is 31.4 Å². The Hall–Kier alpha value is -0.610. The molecule has 0 saturated heterocycles. The Balaban J connectivity index is 2.46. The summed E-state index contributed by atoms with van der Waals surface area (Å²) in [6.45, 7) is 5.80. The van der Waals surface area contributed by atoms with Crippen molar-refractivity contribution in [1.29, 1.82) is 0 Å². The minimum atomic E-state index is 0.531. The van der Waals surface area contributed by atoms with Crippen LogP contribution in [0.15, 0.2) is 16.7 Å². The molecular formula is C10H14BrNO2. The number of hydrogen-bond acceptors (Lipinski definition) is 3. The van der Waals surface area contributed by atoms with E-state index in [1.807, 2.05) is 19.9 Å². The fraction of sp³-hybridized carbons (Fsp3) is 0.500. The Bertz CT molecular complexity index is 291. The van der Waals surface area contributed by atoms with E-state index in [2.05, 4.69) is 20.9 Å². The first-order valence-electron chi connectivity index (χ1n) is 4.57. The van der Waals surface area contributed by atoms with Gasteiger partial charge in [0, 0.05) is 12.8 Å². The van der Waals surface area contributed by atoms with Crippen LogP contribution in [0.3, 0.4) is 0 Å². The highest BCUT2D eigenvalue weighted by atomic mass is 79.9. The van der Waals surface area contributed by atoms with Gasteiger partial charge in [-0.1, -0.05) is 0 Å². The lowest BCUT2D eigenvalue weighted by molar-refractivity contribution is 0.108. The molecule has 0 aliphatic carbocycles. The van der Waals surface area contributed by atoms with Gasteiger partial charge in [0.15, 0.2) is 0 Å². The first-order valence-corrected chi connectivity index (χ1v) is 5.36. The molecule has 0 aliphatic rings. The minimum Gasteiger partial charge on any atom is -0.474 e. The Morgan fingerprint density at radius 1 is 1.43 bits per heavy atom. The van der Waals surface area contributed by atoms with Crippen molar-refractivity contribution in [2.45, 2.75) is 13.8 Å². The molecule has 1 aromatic heterocycles. The molecule has 0 N–H and O–H groups in total. The van der Waals surface area contributed by atoms with E-state index in [1.165, 1.54) is 0 Å². The number of aryl methyl sites for hydroxylation is 1. The smallest absolute Gasteiger partial charge is 0.228 e. The third-order valence-electron chi connectivity index (χ3n) is 1.72. The van der Waals surface area contributed by atoms with E-state index in [1.54, 1.807) is 6.20 Å². The van der Waals surface area contributed by atoms with Gasteiger partial charge < -0.3 is 9.47 Å². The van der Waals surface area contributed by atoms with Crippen LogP contribution in [0, 0.1) is 6.92 Å². The van der Waals surface area contributed by atoms with Gasteiger partial charge in [-0.15, -0.1) is 0 Å². The number of aromatic nitrogens is 1. The second-order valence-corrected chi connectivity index (χ2v) is 3.59. The average molecular weight is 260 g/mol. The highest BCUT2D eigenvalue weighted by molar-refractivity contribution is 9.10. The molecule has 1 heterocycles. The second kappa shape index (κ2) is 5.98. The molecule has 0 bridgehead atoms. The van der Waals surface area contributed by atoms with E-state index in [9.17, 15) is 0 Å². The zero-order valence-electron chi connectivity index (χ0n) is 8.42. The van der Waals surface area contributed by atoms with Gasteiger partial charge >= 0.3 is 0 Å². The van der Waals surface area contributed by atoms with Crippen LogP contribution in [0.4, 0.5) is 0 Å². The third kappa shape index (κ3) is 3.27. The van der Waals surface area contributed by atoms with E-state index < -0.39 is 0 Å². The first-order chi connectivity index (χ1) is 6.75. The molecule has 1 rings (SSSR count). The summed E-state index contributed by atoms with van der Waals surface area (Å²) in [4.78, 5) is 4.11. The molecule has 1 aromatic rings. The summed E-state index contributed by atoms with van der Waals surface area (Å²) >= 11 is 3.42. The molecule has 0 atom stereocenters. The quantitative estimate of drug-likeness (QED) is 0.762. The molecule has 14 heavy (non-hydrogen) atoms. The summed E-state index contributed by atoms with van der Waals surface area (Å²) in [5, 5.41) is 0. The lowest BCUT2D eigenvalue weighted by Crippen LogP contribution is -2.07. The minimum absolute atomic E-state index is 0.531. The van der Waals surface area contributed by atoms with Gasteiger partial charge in [0.05, 0.1) is 11.1 Å². The number of hydrogen-bond donors (Lipinski definition) is 0. The van der Waals surface area contributed by atoms with Crippen LogP contribution in [-0.4, -0.2) is 24.8 Å². The van der Waals surface area contributed by atoms with Gasteiger partial charge in [0.25, 0.3) is 0 Å². The Labute approximate surface area is 92.6 Å². The molecule has 78 valence electrons. The standard InChI is InChI=1S/C10H14BrNO2/c1-3-13-6-7-14-10-9(11)8(2)4-5-12-10/h4-5H,3,6-7H2,1-2H3. The van der Waals surface area contributed by atoms with Crippen molar-refractivity contribution in [3.8, 4) is 5.88 Å². The van der Waals surface area contributed by atoms with Crippen LogP contribution in [0.1, 0.15) is 12.5 Å². The Morgan fingerprint density at radius 3 is 2.93 bits per heavy atom. The largest absolute Gasteiger partial charge is 0.474 e. The van der Waals surface area contributed by atoms with Crippen LogP contribution in [-0.2, 0) is 4.74 Å². The lowest BCUT2D eigenvalue weighted by Gasteiger charge is -2.07. The maximum atomic E-state index is 5.44. The Morgan fingerprint density at radius 2 is 2.21 bits per heavy atom. The monoisotopic (exact) mass is 259 g/mol. The molecule has 0 spiro atoms.